The Morgan fingerprint density at radius 2 is 1.90 bits per heavy atom. The number of aromatic nitrogens is 7. The molecule has 4 aromatic heterocycles. The molecule has 5 fully saturated rings. The average molecular weight is 834 g/mol. The SMILES string of the molecule is Cn1c(=O)n(C2CCC(=O)NC2=O)c2cccc(C#CCOC3CCN(CC4CCC(n5cc(NC(=O)c6cnn7ccc(N8C[C@H]9C[C@@H]8CO9)nc67)c(F)n5)CC4)CC3)c21. The predicted octanol–water partition coefficient (Wildman–Crippen LogP) is 3.19. The van der Waals surface area contributed by atoms with Crippen LogP contribution in [0.3, 0.4) is 0 Å². The number of anilines is 2. The lowest BCUT2D eigenvalue weighted by molar-refractivity contribution is -0.135. The van der Waals surface area contributed by atoms with Gasteiger partial charge < -0.3 is 24.6 Å². The van der Waals surface area contributed by atoms with Crippen LogP contribution in [0.5, 0.6) is 0 Å². The van der Waals surface area contributed by atoms with E-state index < -0.39 is 23.8 Å². The monoisotopic (exact) mass is 833 g/mol. The molecule has 1 aromatic carbocycles. The van der Waals surface area contributed by atoms with Crippen LogP contribution in [-0.2, 0) is 26.1 Å². The fourth-order valence-electron chi connectivity index (χ4n) is 9.97. The molecular weight excluding hydrogens is 786 g/mol. The molecule has 5 aliphatic rings. The normalized spacial score (nSPS) is 24.7. The van der Waals surface area contributed by atoms with Crippen LogP contribution in [0.25, 0.3) is 16.7 Å². The highest BCUT2D eigenvalue weighted by Crippen LogP contribution is 2.35. The number of hydrogen-bond donors (Lipinski definition) is 2. The number of aryl methyl sites for hydroxylation is 1. The summed E-state index contributed by atoms with van der Waals surface area (Å²) in [6.07, 6.45) is 12.2. The van der Waals surface area contributed by atoms with Gasteiger partial charge in [-0.3, -0.25) is 33.5 Å². The van der Waals surface area contributed by atoms with Crippen molar-refractivity contribution >= 4 is 45.9 Å². The van der Waals surface area contributed by atoms with Gasteiger partial charge in [-0.2, -0.15) is 9.49 Å². The molecule has 8 heterocycles. The van der Waals surface area contributed by atoms with E-state index in [0.717, 1.165) is 76.9 Å². The zero-order valence-electron chi connectivity index (χ0n) is 34.0. The summed E-state index contributed by atoms with van der Waals surface area (Å²) in [6, 6.07) is 6.95. The first-order valence-corrected chi connectivity index (χ1v) is 21.3. The molecule has 1 aliphatic carbocycles. The van der Waals surface area contributed by atoms with Crippen LogP contribution in [0, 0.1) is 23.7 Å². The van der Waals surface area contributed by atoms with Crippen molar-refractivity contribution in [1.29, 1.82) is 0 Å². The maximum Gasteiger partial charge on any atom is 0.329 e. The van der Waals surface area contributed by atoms with Crippen LogP contribution in [0.1, 0.15) is 85.8 Å². The largest absolute Gasteiger partial charge is 0.374 e. The van der Waals surface area contributed by atoms with Gasteiger partial charge in [0.05, 0.1) is 59.9 Å². The minimum Gasteiger partial charge on any atom is -0.374 e. The third kappa shape index (κ3) is 7.59. The molecule has 10 rings (SSSR count). The van der Waals surface area contributed by atoms with Crippen molar-refractivity contribution in [2.75, 3.05) is 49.6 Å². The molecule has 2 bridgehead atoms. The maximum absolute atomic E-state index is 15.1. The maximum atomic E-state index is 15.1. The number of likely N-dealkylation sites (tertiary alicyclic amines) is 1. The predicted molar refractivity (Wildman–Crippen MR) is 221 cm³/mol. The van der Waals surface area contributed by atoms with Crippen LogP contribution >= 0.6 is 0 Å². The first-order chi connectivity index (χ1) is 29.7. The Bertz CT molecular complexity index is 2640. The number of morpholine rings is 1. The number of piperidine rings is 2. The van der Waals surface area contributed by atoms with Crippen molar-refractivity contribution in [3.63, 3.8) is 0 Å². The molecule has 1 saturated carbocycles. The number of nitrogens with one attached hydrogen (secondary N) is 2. The number of rotatable bonds is 9. The minimum atomic E-state index is -0.749. The van der Waals surface area contributed by atoms with E-state index in [1.807, 2.05) is 18.2 Å². The number of fused-ring (bicyclic) bond motifs is 4. The van der Waals surface area contributed by atoms with E-state index in [0.29, 0.717) is 34.8 Å². The highest BCUT2D eigenvalue weighted by atomic mass is 19.1. The van der Waals surface area contributed by atoms with Crippen molar-refractivity contribution in [3.05, 3.63) is 70.4 Å². The highest BCUT2D eigenvalue weighted by Gasteiger charge is 2.40. The number of para-hydroxylation sites is 1. The molecule has 2 N–H and O–H groups in total. The van der Waals surface area contributed by atoms with Gasteiger partial charge in [-0.15, -0.1) is 5.10 Å². The third-order valence-corrected chi connectivity index (χ3v) is 13.2. The van der Waals surface area contributed by atoms with E-state index >= 15 is 4.39 Å². The standard InChI is InChI=1S/C43H48FN11O6/c1-50-38-27(4-2-6-34(38)55(43(50)59)35-11-12-37(56)48-42(35)58)5-3-19-60-30-13-16-51(17-14-30)22-26-7-9-28(10-8-26)54-24-33(39(44)49-54)46-41(57)32-21-45-53-18-15-36(47-40(32)53)52-23-31-20-29(52)25-61-31/h2,4,6,15,18,21,24,26,28-31,35H,7-14,16-17,19-20,22-23,25H2,1H3,(H,46,57)(H,48,56,58)/t26?,28?,29-,31-,35?/m1/s1. The molecule has 17 nitrogen and oxygen atoms in total. The Balaban J connectivity index is 0.683. The second-order valence-corrected chi connectivity index (χ2v) is 17.0. The van der Waals surface area contributed by atoms with Crippen molar-refractivity contribution in [1.82, 2.24) is 43.7 Å². The summed E-state index contributed by atoms with van der Waals surface area (Å²) >= 11 is 0. The Morgan fingerprint density at radius 1 is 1.07 bits per heavy atom. The summed E-state index contributed by atoms with van der Waals surface area (Å²) in [5, 5.41) is 13.5. The molecular formula is C43H48FN11O6. The van der Waals surface area contributed by atoms with Gasteiger partial charge >= 0.3 is 5.69 Å². The number of hydrogen-bond acceptors (Lipinski definition) is 11. The van der Waals surface area contributed by atoms with Gasteiger partial charge in [0.25, 0.3) is 11.9 Å². The van der Waals surface area contributed by atoms with Crippen LogP contribution in [-0.4, -0.2) is 114 Å². The van der Waals surface area contributed by atoms with Gasteiger partial charge in [-0.25, -0.2) is 14.3 Å². The van der Waals surface area contributed by atoms with Crippen molar-refractivity contribution < 1.29 is 28.2 Å². The number of imidazole rings is 1. The first-order valence-electron chi connectivity index (χ1n) is 21.3. The number of ether oxygens (including phenoxy) is 2. The highest BCUT2D eigenvalue weighted by molar-refractivity contribution is 6.08. The lowest BCUT2D eigenvalue weighted by Gasteiger charge is -2.36. The van der Waals surface area contributed by atoms with Gasteiger partial charge in [0, 0.05) is 45.8 Å². The quantitative estimate of drug-likeness (QED) is 0.165. The molecule has 18 heteroatoms. The fourth-order valence-corrected chi connectivity index (χ4v) is 9.97. The Hall–Kier alpha value is -5.90. The molecule has 3 amide bonds. The van der Waals surface area contributed by atoms with E-state index in [-0.39, 0.29) is 66.6 Å². The van der Waals surface area contributed by atoms with E-state index in [1.165, 1.54) is 15.3 Å². The number of imide groups is 1. The molecule has 3 atom stereocenters. The summed E-state index contributed by atoms with van der Waals surface area (Å²) < 4.78 is 33.2. The zero-order valence-corrected chi connectivity index (χ0v) is 34.0. The summed E-state index contributed by atoms with van der Waals surface area (Å²) in [4.78, 5) is 60.4. The summed E-state index contributed by atoms with van der Waals surface area (Å²) in [7, 11) is 1.67. The van der Waals surface area contributed by atoms with E-state index in [2.05, 4.69) is 42.5 Å². The number of halogens is 1. The van der Waals surface area contributed by atoms with E-state index in [1.54, 1.807) is 34.7 Å². The average Bonchev–Trinajstić information content (AvgIpc) is 4.11. The molecule has 0 radical (unpaired) electrons. The number of benzene rings is 1. The lowest BCUT2D eigenvalue weighted by atomic mass is 9.85. The first kappa shape index (κ1) is 39.2. The smallest absolute Gasteiger partial charge is 0.329 e. The number of carbonyl (C=O) groups is 3. The topological polar surface area (TPSA) is 175 Å². The second-order valence-electron chi connectivity index (χ2n) is 17.0. The Labute approximate surface area is 350 Å². The zero-order chi connectivity index (χ0) is 41.8. The molecule has 4 aliphatic heterocycles. The van der Waals surface area contributed by atoms with Crippen molar-refractivity contribution in [3.8, 4) is 11.8 Å². The van der Waals surface area contributed by atoms with Crippen molar-refractivity contribution in [2.24, 2.45) is 13.0 Å². The summed E-state index contributed by atoms with van der Waals surface area (Å²) in [6.45, 7) is 4.60. The Morgan fingerprint density at radius 3 is 2.67 bits per heavy atom. The minimum absolute atomic E-state index is 0.0405. The molecule has 318 valence electrons. The third-order valence-electron chi connectivity index (χ3n) is 13.2. The van der Waals surface area contributed by atoms with E-state index in [4.69, 9.17) is 14.5 Å². The summed E-state index contributed by atoms with van der Waals surface area (Å²) in [5.41, 5.74) is 2.31. The fraction of sp³-hybridized carbons (Fsp3) is 0.512. The summed E-state index contributed by atoms with van der Waals surface area (Å²) in [5.74, 6) is 5.63. The van der Waals surface area contributed by atoms with Gasteiger partial charge in [0.1, 0.15) is 29.7 Å². The van der Waals surface area contributed by atoms with E-state index in [9.17, 15) is 19.2 Å². The molecule has 4 saturated heterocycles. The molecule has 61 heavy (non-hydrogen) atoms. The van der Waals surface area contributed by atoms with Crippen LogP contribution < -0.4 is 21.2 Å². The van der Waals surface area contributed by atoms with Gasteiger partial charge in [-0.1, -0.05) is 17.9 Å². The van der Waals surface area contributed by atoms with Crippen LogP contribution in [0.4, 0.5) is 15.9 Å². The molecule has 0 spiro atoms. The lowest BCUT2D eigenvalue weighted by Crippen LogP contribution is -2.44. The Kier molecular flexibility index (Phi) is 10.4. The van der Waals surface area contributed by atoms with Gasteiger partial charge in [0.2, 0.25) is 11.8 Å². The van der Waals surface area contributed by atoms with Gasteiger partial charge in [-0.05, 0) is 75.5 Å². The van der Waals surface area contributed by atoms with Crippen LogP contribution in [0.15, 0.2) is 47.7 Å². The second kappa shape index (κ2) is 16.2. The molecule has 5 aromatic rings. The number of amides is 3. The van der Waals surface area contributed by atoms with Gasteiger partial charge in [0.15, 0.2) is 5.65 Å². The molecule has 1 unspecified atom stereocenters. The number of nitrogens with zero attached hydrogens (tertiary/aromatic N) is 9. The van der Waals surface area contributed by atoms with Crippen LogP contribution in [0.2, 0.25) is 0 Å². The number of carbonyl (C=O) groups excluding carboxylic acids is 3. The van der Waals surface area contributed by atoms with Crippen molar-refractivity contribution in [2.45, 2.75) is 88.1 Å².